The predicted molar refractivity (Wildman–Crippen MR) is 144 cm³/mol. The molecule has 1 saturated heterocycles. The Morgan fingerprint density at radius 1 is 1.00 bits per heavy atom. The third-order valence-electron chi connectivity index (χ3n) is 7.05. The van der Waals surface area contributed by atoms with Gasteiger partial charge >= 0.3 is 0 Å². The molecular weight excluding hydrogens is 485 g/mol. The number of hydrogen-bond donors (Lipinski definition) is 0. The molecule has 196 valence electrons. The molecule has 5 rings (SSSR count). The number of aromatic nitrogens is 2. The third kappa shape index (κ3) is 4.91. The second kappa shape index (κ2) is 10.9. The zero-order valence-electron chi connectivity index (χ0n) is 21.7. The Morgan fingerprint density at radius 2 is 1.71 bits per heavy atom. The fraction of sp³-hybridized carbons (Fsp3) is 0.276. The number of hydrogen-bond acceptors (Lipinski definition) is 7. The molecule has 0 spiro atoms. The Kier molecular flexibility index (Phi) is 7.26. The monoisotopic (exact) mass is 515 g/mol. The molecule has 4 aromatic rings. The minimum Gasteiger partial charge on any atom is -0.496 e. The van der Waals surface area contributed by atoms with E-state index in [4.69, 9.17) is 14.2 Å². The molecule has 0 bridgehead atoms. The van der Waals surface area contributed by atoms with Gasteiger partial charge < -0.3 is 24.0 Å². The lowest BCUT2D eigenvalue weighted by Gasteiger charge is -2.38. The number of methoxy groups -OCH3 is 1. The summed E-state index contributed by atoms with van der Waals surface area (Å²) in [6.07, 6.45) is 1.49. The number of amides is 1. The van der Waals surface area contributed by atoms with E-state index in [1.54, 1.807) is 37.3 Å². The van der Waals surface area contributed by atoms with Gasteiger partial charge in [-0.15, -0.1) is 0 Å². The molecule has 1 aliphatic rings. The molecule has 0 N–H and O–H groups in total. The molecule has 0 aliphatic carbocycles. The molecule has 3 heterocycles. The van der Waals surface area contributed by atoms with Crippen LogP contribution in [-0.2, 0) is 0 Å². The number of rotatable bonds is 7. The third-order valence-corrected chi connectivity index (χ3v) is 7.05. The van der Waals surface area contributed by atoms with Gasteiger partial charge in [-0.1, -0.05) is 29.4 Å². The number of pyridine rings is 1. The number of para-hydroxylation sites is 2. The van der Waals surface area contributed by atoms with Crippen molar-refractivity contribution in [3.8, 4) is 17.0 Å². The first-order chi connectivity index (χ1) is 18.5. The summed E-state index contributed by atoms with van der Waals surface area (Å²) in [5, 5.41) is 4.00. The quantitative estimate of drug-likeness (QED) is 0.341. The maximum absolute atomic E-state index is 14.4. The van der Waals surface area contributed by atoms with Crippen LogP contribution < -0.4 is 14.5 Å². The van der Waals surface area contributed by atoms with Crippen LogP contribution in [0.4, 0.5) is 15.9 Å². The Hall–Kier alpha value is -4.40. The predicted octanol–water partition coefficient (Wildman–Crippen LogP) is 5.04. The number of carbonyl (C=O) groups excluding carboxylic acids is 1. The fourth-order valence-corrected chi connectivity index (χ4v) is 4.73. The van der Waals surface area contributed by atoms with E-state index in [2.05, 4.69) is 10.1 Å². The van der Waals surface area contributed by atoms with Crippen molar-refractivity contribution in [1.82, 2.24) is 15.0 Å². The summed E-state index contributed by atoms with van der Waals surface area (Å²) >= 11 is 0. The normalized spacial score (nSPS) is 14.3. The summed E-state index contributed by atoms with van der Waals surface area (Å²) < 4.78 is 25.0. The van der Waals surface area contributed by atoms with Gasteiger partial charge in [-0.05, 0) is 43.3 Å². The minimum atomic E-state index is -0.291. The second-order valence-corrected chi connectivity index (χ2v) is 9.21. The number of halogens is 1. The van der Waals surface area contributed by atoms with Gasteiger partial charge in [0, 0.05) is 44.9 Å². The van der Waals surface area contributed by atoms with Crippen molar-refractivity contribution in [2.45, 2.75) is 13.0 Å². The van der Waals surface area contributed by atoms with Gasteiger partial charge in [0.15, 0.2) is 0 Å². The smallest absolute Gasteiger partial charge is 0.257 e. The van der Waals surface area contributed by atoms with Crippen molar-refractivity contribution < 1.29 is 18.4 Å². The van der Waals surface area contributed by atoms with Crippen LogP contribution in [0.5, 0.6) is 5.75 Å². The van der Waals surface area contributed by atoms with Crippen molar-refractivity contribution >= 4 is 17.4 Å². The minimum absolute atomic E-state index is 0.175. The molecule has 2 aromatic carbocycles. The van der Waals surface area contributed by atoms with Crippen LogP contribution in [0.15, 0.2) is 77.5 Å². The summed E-state index contributed by atoms with van der Waals surface area (Å²) in [5.74, 6) is 0.875. The first-order valence-corrected chi connectivity index (χ1v) is 12.5. The van der Waals surface area contributed by atoms with Crippen molar-refractivity contribution in [2.24, 2.45) is 0 Å². The molecule has 0 saturated carbocycles. The van der Waals surface area contributed by atoms with Crippen LogP contribution in [0, 0.1) is 5.82 Å². The van der Waals surface area contributed by atoms with E-state index in [1.165, 1.54) is 12.3 Å². The van der Waals surface area contributed by atoms with Gasteiger partial charge in [-0.25, -0.2) is 9.37 Å². The Bertz CT molecular complexity index is 1400. The van der Waals surface area contributed by atoms with E-state index >= 15 is 0 Å². The lowest BCUT2D eigenvalue weighted by Crippen LogP contribution is -2.47. The highest BCUT2D eigenvalue weighted by Gasteiger charge is 2.28. The fourth-order valence-electron chi connectivity index (χ4n) is 4.73. The number of carbonyl (C=O) groups is 1. The maximum Gasteiger partial charge on any atom is 0.257 e. The van der Waals surface area contributed by atoms with Crippen LogP contribution in [0.25, 0.3) is 11.3 Å². The summed E-state index contributed by atoms with van der Waals surface area (Å²) in [7, 11) is 3.37. The van der Waals surface area contributed by atoms with E-state index in [0.29, 0.717) is 60.4 Å². The first-order valence-electron chi connectivity index (χ1n) is 12.5. The molecule has 9 heteroatoms. The number of ether oxygens (including phenoxy) is 1. The van der Waals surface area contributed by atoms with Crippen molar-refractivity contribution in [3.63, 3.8) is 0 Å². The van der Waals surface area contributed by atoms with Gasteiger partial charge in [0.25, 0.3) is 5.91 Å². The van der Waals surface area contributed by atoms with Gasteiger partial charge in [0.1, 0.15) is 29.3 Å². The van der Waals surface area contributed by atoms with Gasteiger partial charge in [-0.2, -0.15) is 0 Å². The molecule has 1 unspecified atom stereocenters. The van der Waals surface area contributed by atoms with E-state index < -0.39 is 0 Å². The van der Waals surface area contributed by atoms with Crippen molar-refractivity contribution in [3.05, 3.63) is 90.1 Å². The van der Waals surface area contributed by atoms with E-state index in [0.717, 1.165) is 5.56 Å². The molecule has 0 radical (unpaired) electrons. The van der Waals surface area contributed by atoms with E-state index in [-0.39, 0.29) is 17.8 Å². The highest BCUT2D eigenvalue weighted by atomic mass is 19.1. The molecule has 8 nitrogen and oxygen atoms in total. The average Bonchev–Trinajstić information content (AvgIpc) is 3.51. The highest BCUT2D eigenvalue weighted by molar-refractivity contribution is 5.99. The average molecular weight is 516 g/mol. The molecule has 1 aliphatic heterocycles. The SMILES string of the molecule is COc1ccccc1-c1ccc(C(=O)N(C)C(C)c2ccon2)c(N2CCN(c3ccccc3F)CC2)n1. The first kappa shape index (κ1) is 25.3. The Balaban J connectivity index is 1.48. The number of anilines is 2. The van der Waals surface area contributed by atoms with Crippen molar-refractivity contribution in [1.29, 1.82) is 0 Å². The van der Waals surface area contributed by atoms with Crippen LogP contribution in [0.3, 0.4) is 0 Å². The summed E-state index contributed by atoms with van der Waals surface area (Å²) in [4.78, 5) is 24.5. The van der Waals surface area contributed by atoms with Gasteiger partial charge in [0.2, 0.25) is 0 Å². The lowest BCUT2D eigenvalue weighted by molar-refractivity contribution is 0.0738. The summed E-state index contributed by atoms with van der Waals surface area (Å²) in [6.45, 7) is 4.26. The van der Waals surface area contributed by atoms with Gasteiger partial charge in [-0.3, -0.25) is 4.79 Å². The van der Waals surface area contributed by atoms with Crippen LogP contribution in [0.2, 0.25) is 0 Å². The molecule has 1 amide bonds. The Labute approximate surface area is 221 Å². The standard InChI is InChI=1S/C29H30FN5O3/c1-20(24-14-19-38-32-24)33(2)29(36)22-12-13-25(21-8-4-7-11-27(21)37-3)31-28(22)35-17-15-34(16-18-35)26-10-6-5-9-23(26)30/h4-14,19-20H,15-18H2,1-3H3. The van der Waals surface area contributed by atoms with Gasteiger partial charge in [0.05, 0.1) is 30.1 Å². The highest BCUT2D eigenvalue weighted by Crippen LogP contribution is 2.33. The van der Waals surface area contributed by atoms with Crippen LogP contribution >= 0.6 is 0 Å². The molecular formula is C29H30FN5O3. The number of benzene rings is 2. The lowest BCUT2D eigenvalue weighted by atomic mass is 10.1. The molecule has 38 heavy (non-hydrogen) atoms. The maximum atomic E-state index is 14.4. The van der Waals surface area contributed by atoms with E-state index in [9.17, 15) is 9.18 Å². The molecule has 1 atom stereocenters. The number of nitrogens with zero attached hydrogens (tertiary/aromatic N) is 5. The largest absolute Gasteiger partial charge is 0.496 e. The van der Waals surface area contributed by atoms with Crippen LogP contribution in [0.1, 0.15) is 29.0 Å². The number of piperazine rings is 1. The summed E-state index contributed by atoms with van der Waals surface area (Å²) in [6, 6.07) is 19.6. The molecule has 1 fully saturated rings. The summed E-state index contributed by atoms with van der Waals surface area (Å²) in [5.41, 5.74) is 3.28. The van der Waals surface area contributed by atoms with E-state index in [1.807, 2.05) is 54.3 Å². The van der Waals surface area contributed by atoms with Crippen LogP contribution in [-0.4, -0.2) is 61.3 Å². The zero-order chi connectivity index (χ0) is 26.6. The second-order valence-electron chi connectivity index (χ2n) is 9.21. The topological polar surface area (TPSA) is 74.9 Å². The zero-order valence-corrected chi connectivity index (χ0v) is 21.7. The molecule has 2 aromatic heterocycles. The Morgan fingerprint density at radius 3 is 2.42 bits per heavy atom. The van der Waals surface area contributed by atoms with Crippen molar-refractivity contribution in [2.75, 3.05) is 50.1 Å².